The molecule has 0 aliphatic carbocycles. The molecule has 1 N–H and O–H groups in total. The summed E-state index contributed by atoms with van der Waals surface area (Å²) in [5, 5.41) is 4.64. The Morgan fingerprint density at radius 3 is 2.52 bits per heavy atom. The number of benzene rings is 1. The standard InChI is InChI=1S/C18H24ClN3O/c1-12(2)22-10-8-13(9-11-22)20-18(23)17-16(19)14-6-4-5-7-15(14)21(17)3/h4-7,12-13H,8-11H2,1-3H3,(H,20,23). The number of hydrogen-bond acceptors (Lipinski definition) is 2. The van der Waals surface area contributed by atoms with Crippen molar-refractivity contribution in [3.63, 3.8) is 0 Å². The van der Waals surface area contributed by atoms with Gasteiger partial charge >= 0.3 is 0 Å². The Morgan fingerprint density at radius 1 is 1.26 bits per heavy atom. The Labute approximate surface area is 142 Å². The lowest BCUT2D eigenvalue weighted by Crippen LogP contribution is -2.46. The van der Waals surface area contributed by atoms with Gasteiger partial charge < -0.3 is 14.8 Å². The first-order chi connectivity index (χ1) is 11.0. The average molecular weight is 334 g/mol. The summed E-state index contributed by atoms with van der Waals surface area (Å²) in [5.41, 5.74) is 1.54. The summed E-state index contributed by atoms with van der Waals surface area (Å²) in [6.45, 7) is 6.50. The molecule has 1 fully saturated rings. The molecule has 124 valence electrons. The average Bonchev–Trinajstić information content (AvgIpc) is 2.80. The van der Waals surface area contributed by atoms with Crippen LogP contribution in [0.2, 0.25) is 5.02 Å². The minimum absolute atomic E-state index is 0.0725. The number of hydrogen-bond donors (Lipinski definition) is 1. The molecular formula is C18H24ClN3O. The van der Waals surface area contributed by atoms with Crippen LogP contribution in [0, 0.1) is 0 Å². The first-order valence-corrected chi connectivity index (χ1v) is 8.64. The molecular weight excluding hydrogens is 310 g/mol. The summed E-state index contributed by atoms with van der Waals surface area (Å²) in [4.78, 5) is 15.2. The Kier molecular flexibility index (Phi) is 4.64. The summed E-state index contributed by atoms with van der Waals surface area (Å²) < 4.78 is 1.89. The third-order valence-electron chi connectivity index (χ3n) is 4.86. The molecule has 3 rings (SSSR count). The van der Waals surface area contributed by atoms with Gasteiger partial charge in [-0.05, 0) is 32.8 Å². The maximum atomic E-state index is 12.7. The fourth-order valence-corrected chi connectivity index (χ4v) is 3.79. The van der Waals surface area contributed by atoms with Gasteiger partial charge in [0.25, 0.3) is 5.91 Å². The van der Waals surface area contributed by atoms with E-state index in [0.29, 0.717) is 16.8 Å². The SMILES string of the molecule is CC(C)N1CCC(NC(=O)c2c(Cl)c3ccccc3n2C)CC1. The number of nitrogens with zero attached hydrogens (tertiary/aromatic N) is 2. The van der Waals surface area contributed by atoms with E-state index in [4.69, 9.17) is 11.6 Å². The number of halogens is 1. The summed E-state index contributed by atoms with van der Waals surface area (Å²) in [5.74, 6) is -0.0725. The maximum absolute atomic E-state index is 12.7. The van der Waals surface area contributed by atoms with Crippen molar-refractivity contribution in [2.24, 2.45) is 7.05 Å². The van der Waals surface area contributed by atoms with Gasteiger partial charge in [-0.25, -0.2) is 0 Å². The van der Waals surface area contributed by atoms with E-state index in [9.17, 15) is 4.79 Å². The Balaban J connectivity index is 1.75. The lowest BCUT2D eigenvalue weighted by Gasteiger charge is -2.34. The van der Waals surface area contributed by atoms with E-state index >= 15 is 0 Å². The van der Waals surface area contributed by atoms with E-state index in [1.54, 1.807) is 0 Å². The summed E-state index contributed by atoms with van der Waals surface area (Å²) >= 11 is 6.45. The second-order valence-corrected chi connectivity index (χ2v) is 6.99. The van der Waals surface area contributed by atoms with Crippen molar-refractivity contribution < 1.29 is 4.79 Å². The topological polar surface area (TPSA) is 37.3 Å². The molecule has 5 heteroatoms. The third-order valence-corrected chi connectivity index (χ3v) is 5.24. The number of fused-ring (bicyclic) bond motifs is 1. The molecule has 1 amide bonds. The van der Waals surface area contributed by atoms with Crippen LogP contribution in [0.3, 0.4) is 0 Å². The van der Waals surface area contributed by atoms with Crippen molar-refractivity contribution in [1.82, 2.24) is 14.8 Å². The minimum Gasteiger partial charge on any atom is -0.348 e. The molecule has 2 heterocycles. The van der Waals surface area contributed by atoms with E-state index < -0.39 is 0 Å². The summed E-state index contributed by atoms with van der Waals surface area (Å²) in [6, 6.07) is 8.64. The Morgan fingerprint density at radius 2 is 1.91 bits per heavy atom. The molecule has 1 aromatic carbocycles. The number of rotatable bonds is 3. The molecule has 0 radical (unpaired) electrons. The summed E-state index contributed by atoms with van der Waals surface area (Å²) in [7, 11) is 1.89. The molecule has 23 heavy (non-hydrogen) atoms. The van der Waals surface area contributed by atoms with Crippen LogP contribution in [-0.4, -0.2) is 40.5 Å². The Bertz CT molecular complexity index is 675. The highest BCUT2D eigenvalue weighted by atomic mass is 35.5. The molecule has 1 aliphatic rings. The molecule has 0 bridgehead atoms. The maximum Gasteiger partial charge on any atom is 0.269 e. The molecule has 0 spiro atoms. The number of amides is 1. The van der Waals surface area contributed by atoms with Gasteiger partial charge in [0.15, 0.2) is 0 Å². The zero-order chi connectivity index (χ0) is 16.6. The zero-order valence-electron chi connectivity index (χ0n) is 14.0. The lowest BCUT2D eigenvalue weighted by molar-refractivity contribution is 0.0893. The molecule has 0 atom stereocenters. The van der Waals surface area contributed by atoms with Crippen LogP contribution in [0.15, 0.2) is 24.3 Å². The van der Waals surface area contributed by atoms with Gasteiger partial charge in [-0.3, -0.25) is 4.79 Å². The first kappa shape index (κ1) is 16.3. The highest BCUT2D eigenvalue weighted by molar-refractivity contribution is 6.38. The molecule has 1 aliphatic heterocycles. The molecule has 4 nitrogen and oxygen atoms in total. The zero-order valence-corrected chi connectivity index (χ0v) is 14.7. The van der Waals surface area contributed by atoms with Crippen molar-refractivity contribution in [3.8, 4) is 0 Å². The van der Waals surface area contributed by atoms with Crippen LogP contribution in [0.5, 0.6) is 0 Å². The largest absolute Gasteiger partial charge is 0.348 e. The predicted octanol–water partition coefficient (Wildman–Crippen LogP) is 3.43. The van der Waals surface area contributed by atoms with Crippen LogP contribution in [0.4, 0.5) is 0 Å². The number of carbonyl (C=O) groups excluding carboxylic acids is 1. The van der Waals surface area contributed by atoms with Gasteiger partial charge in [0.1, 0.15) is 5.69 Å². The number of piperidine rings is 1. The summed E-state index contributed by atoms with van der Waals surface area (Å²) in [6.07, 6.45) is 1.98. The highest BCUT2D eigenvalue weighted by Gasteiger charge is 2.25. The first-order valence-electron chi connectivity index (χ1n) is 8.27. The number of nitrogens with one attached hydrogen (secondary N) is 1. The number of aromatic nitrogens is 1. The molecule has 0 saturated carbocycles. The van der Waals surface area contributed by atoms with Crippen molar-refractivity contribution >= 4 is 28.4 Å². The van der Waals surface area contributed by atoms with E-state index in [2.05, 4.69) is 24.1 Å². The number of carbonyl (C=O) groups is 1. The van der Waals surface area contributed by atoms with E-state index in [1.807, 2.05) is 35.9 Å². The van der Waals surface area contributed by atoms with E-state index in [0.717, 1.165) is 36.8 Å². The second kappa shape index (κ2) is 6.54. The van der Waals surface area contributed by atoms with Crippen LogP contribution in [0.25, 0.3) is 10.9 Å². The fourth-order valence-electron chi connectivity index (χ4n) is 3.41. The number of aryl methyl sites for hydroxylation is 1. The number of para-hydroxylation sites is 1. The normalized spacial score (nSPS) is 17.1. The molecule has 1 saturated heterocycles. The van der Waals surface area contributed by atoms with Gasteiger partial charge in [-0.15, -0.1) is 0 Å². The quantitative estimate of drug-likeness (QED) is 0.934. The van der Waals surface area contributed by atoms with Crippen LogP contribution in [0.1, 0.15) is 37.2 Å². The van der Waals surface area contributed by atoms with Gasteiger partial charge in [-0.1, -0.05) is 29.8 Å². The monoisotopic (exact) mass is 333 g/mol. The van der Waals surface area contributed by atoms with Crippen LogP contribution in [-0.2, 0) is 7.05 Å². The number of likely N-dealkylation sites (tertiary alicyclic amines) is 1. The predicted molar refractivity (Wildman–Crippen MR) is 95.1 cm³/mol. The van der Waals surface area contributed by atoms with Gasteiger partial charge in [0, 0.05) is 43.1 Å². The third kappa shape index (κ3) is 3.10. The van der Waals surface area contributed by atoms with Crippen LogP contribution >= 0.6 is 11.6 Å². The van der Waals surface area contributed by atoms with Crippen molar-refractivity contribution in [1.29, 1.82) is 0 Å². The molecule has 1 aromatic heterocycles. The van der Waals surface area contributed by atoms with Gasteiger partial charge in [0.05, 0.1) is 5.02 Å². The smallest absolute Gasteiger partial charge is 0.269 e. The molecule has 0 unspecified atom stereocenters. The van der Waals surface area contributed by atoms with Crippen molar-refractivity contribution in [2.45, 2.75) is 38.8 Å². The highest BCUT2D eigenvalue weighted by Crippen LogP contribution is 2.30. The minimum atomic E-state index is -0.0725. The van der Waals surface area contributed by atoms with Gasteiger partial charge in [-0.2, -0.15) is 0 Å². The lowest BCUT2D eigenvalue weighted by atomic mass is 10.0. The second-order valence-electron chi connectivity index (χ2n) is 6.62. The fraction of sp³-hybridized carbons (Fsp3) is 0.500. The van der Waals surface area contributed by atoms with E-state index in [-0.39, 0.29) is 11.9 Å². The molecule has 2 aromatic rings. The van der Waals surface area contributed by atoms with Crippen molar-refractivity contribution in [2.75, 3.05) is 13.1 Å². The Hall–Kier alpha value is -1.52. The van der Waals surface area contributed by atoms with Gasteiger partial charge in [0.2, 0.25) is 0 Å². The van der Waals surface area contributed by atoms with Crippen molar-refractivity contribution in [3.05, 3.63) is 35.0 Å². The van der Waals surface area contributed by atoms with Crippen LogP contribution < -0.4 is 5.32 Å². The van der Waals surface area contributed by atoms with E-state index in [1.165, 1.54) is 0 Å².